The van der Waals surface area contributed by atoms with Crippen molar-refractivity contribution >= 4 is 11.6 Å². The molecule has 1 N–H and O–H groups in total. The molecule has 1 aromatic carbocycles. The number of carbonyl (C=O) groups excluding carboxylic acids is 1. The summed E-state index contributed by atoms with van der Waals surface area (Å²) in [6, 6.07) is 11.7. The number of hydrogen-bond acceptors (Lipinski definition) is 3. The lowest BCUT2D eigenvalue weighted by atomic mass is 10.1. The van der Waals surface area contributed by atoms with E-state index >= 15 is 0 Å². The second-order valence-electron chi connectivity index (χ2n) is 6.41. The number of rotatable bonds is 4. The molecule has 24 heavy (non-hydrogen) atoms. The fraction of sp³-hybridized carbons (Fsp3) is 0.368. The lowest BCUT2D eigenvalue weighted by Crippen LogP contribution is -2.31. The average Bonchev–Trinajstić information content (AvgIpc) is 3.09. The zero-order chi connectivity index (χ0) is 17.1. The molecular weight excluding hydrogens is 302 g/mol. The molecule has 3 rings (SSSR count). The van der Waals surface area contributed by atoms with Crippen LogP contribution in [0.15, 0.2) is 41.2 Å². The number of pyridine rings is 1. The van der Waals surface area contributed by atoms with Crippen molar-refractivity contribution in [3.05, 3.63) is 63.6 Å². The second-order valence-corrected chi connectivity index (χ2v) is 6.41. The maximum Gasteiger partial charge on any atom is 0.260 e. The molecule has 5 nitrogen and oxygen atoms in total. The summed E-state index contributed by atoms with van der Waals surface area (Å²) in [6.45, 7) is 4.51. The molecule has 0 radical (unpaired) electrons. The number of benzene rings is 1. The van der Waals surface area contributed by atoms with Gasteiger partial charge in [0.15, 0.2) is 0 Å². The summed E-state index contributed by atoms with van der Waals surface area (Å²) < 4.78 is 0. The smallest absolute Gasteiger partial charge is 0.260 e. The van der Waals surface area contributed by atoms with E-state index in [1.807, 2.05) is 0 Å². The van der Waals surface area contributed by atoms with Gasteiger partial charge >= 0.3 is 0 Å². The number of hydrogen-bond donors (Lipinski definition) is 1. The van der Waals surface area contributed by atoms with Crippen molar-refractivity contribution in [2.45, 2.75) is 26.3 Å². The first kappa shape index (κ1) is 16.3. The van der Waals surface area contributed by atoms with Crippen molar-refractivity contribution in [1.82, 2.24) is 9.88 Å². The first-order valence-electron chi connectivity index (χ1n) is 8.34. The summed E-state index contributed by atoms with van der Waals surface area (Å²) in [5.41, 5.74) is 2.88. The van der Waals surface area contributed by atoms with Gasteiger partial charge in [0.1, 0.15) is 5.56 Å². The first-order chi connectivity index (χ1) is 11.5. The Morgan fingerprint density at radius 2 is 1.79 bits per heavy atom. The highest BCUT2D eigenvalue weighted by Gasteiger charge is 2.16. The predicted octanol–water partition coefficient (Wildman–Crippen LogP) is 2.56. The van der Waals surface area contributed by atoms with Crippen molar-refractivity contribution in [2.24, 2.45) is 0 Å². The molecule has 0 bridgehead atoms. The summed E-state index contributed by atoms with van der Waals surface area (Å²) in [7, 11) is 1.72. The highest BCUT2D eigenvalue weighted by molar-refractivity contribution is 5.93. The maximum absolute atomic E-state index is 12.5. The SMILES string of the molecule is Cc1ccc(C(=O)N(C)Cc2ccc(N3CCCC3)cc2)c(=O)[nH]1. The van der Waals surface area contributed by atoms with Crippen LogP contribution in [0.5, 0.6) is 0 Å². The Balaban J connectivity index is 1.68. The summed E-state index contributed by atoms with van der Waals surface area (Å²) in [5.74, 6) is -0.264. The van der Waals surface area contributed by atoms with E-state index in [0.29, 0.717) is 6.54 Å². The number of anilines is 1. The second kappa shape index (κ2) is 6.91. The Hall–Kier alpha value is -2.56. The third kappa shape index (κ3) is 3.50. The fourth-order valence-electron chi connectivity index (χ4n) is 3.08. The number of nitrogens with one attached hydrogen (secondary N) is 1. The van der Waals surface area contributed by atoms with E-state index in [4.69, 9.17) is 0 Å². The van der Waals surface area contributed by atoms with Crippen LogP contribution >= 0.6 is 0 Å². The van der Waals surface area contributed by atoms with Crippen LogP contribution in [0.1, 0.15) is 34.5 Å². The van der Waals surface area contributed by atoms with Crippen LogP contribution < -0.4 is 10.5 Å². The molecule has 1 amide bonds. The summed E-state index contributed by atoms with van der Waals surface area (Å²) >= 11 is 0. The largest absolute Gasteiger partial charge is 0.372 e. The molecule has 126 valence electrons. The first-order valence-corrected chi connectivity index (χ1v) is 8.34. The highest BCUT2D eigenvalue weighted by Crippen LogP contribution is 2.20. The third-order valence-electron chi connectivity index (χ3n) is 4.46. The van der Waals surface area contributed by atoms with Gasteiger partial charge in [-0.25, -0.2) is 0 Å². The zero-order valence-corrected chi connectivity index (χ0v) is 14.2. The van der Waals surface area contributed by atoms with Crippen LogP contribution in [0, 0.1) is 6.92 Å². The molecule has 0 atom stereocenters. The highest BCUT2D eigenvalue weighted by atomic mass is 16.2. The molecule has 1 aliphatic heterocycles. The third-order valence-corrected chi connectivity index (χ3v) is 4.46. The molecule has 0 saturated carbocycles. The summed E-state index contributed by atoms with van der Waals surface area (Å²) in [4.78, 5) is 31.0. The van der Waals surface area contributed by atoms with E-state index in [9.17, 15) is 9.59 Å². The van der Waals surface area contributed by atoms with Gasteiger partial charge in [-0.15, -0.1) is 0 Å². The Bertz CT molecular complexity index is 774. The molecule has 1 saturated heterocycles. The van der Waals surface area contributed by atoms with Gasteiger partial charge < -0.3 is 14.8 Å². The number of aryl methyl sites for hydroxylation is 1. The van der Waals surface area contributed by atoms with E-state index in [0.717, 1.165) is 24.3 Å². The minimum Gasteiger partial charge on any atom is -0.372 e. The monoisotopic (exact) mass is 325 g/mol. The van der Waals surface area contributed by atoms with Crippen LogP contribution in [-0.2, 0) is 6.54 Å². The van der Waals surface area contributed by atoms with E-state index in [-0.39, 0.29) is 17.0 Å². The van der Waals surface area contributed by atoms with Crippen molar-refractivity contribution in [3.8, 4) is 0 Å². The van der Waals surface area contributed by atoms with Gasteiger partial charge in [-0.1, -0.05) is 12.1 Å². The van der Waals surface area contributed by atoms with E-state index < -0.39 is 0 Å². The topological polar surface area (TPSA) is 56.4 Å². The van der Waals surface area contributed by atoms with Crippen LogP contribution in [0.3, 0.4) is 0 Å². The van der Waals surface area contributed by atoms with Gasteiger partial charge in [-0.2, -0.15) is 0 Å². The number of nitrogens with zero attached hydrogens (tertiary/aromatic N) is 2. The standard InChI is InChI=1S/C19H23N3O2/c1-14-5-10-17(18(23)20-14)19(24)21(2)13-15-6-8-16(9-7-15)22-11-3-4-12-22/h5-10H,3-4,11-13H2,1-2H3,(H,20,23). The molecule has 2 aromatic rings. The van der Waals surface area contributed by atoms with Crippen LogP contribution in [0.2, 0.25) is 0 Å². The number of amides is 1. The molecule has 0 unspecified atom stereocenters. The van der Waals surface area contributed by atoms with Crippen molar-refractivity contribution < 1.29 is 4.79 Å². The van der Waals surface area contributed by atoms with Gasteiger partial charge in [0.05, 0.1) is 0 Å². The lowest BCUT2D eigenvalue weighted by Gasteiger charge is -2.20. The maximum atomic E-state index is 12.5. The minimum absolute atomic E-state index is 0.178. The minimum atomic E-state index is -0.337. The van der Waals surface area contributed by atoms with Crippen molar-refractivity contribution in [3.63, 3.8) is 0 Å². The molecule has 5 heteroatoms. The van der Waals surface area contributed by atoms with Crippen LogP contribution in [-0.4, -0.2) is 35.9 Å². The quantitative estimate of drug-likeness (QED) is 0.940. The normalized spacial score (nSPS) is 14.0. The van der Waals surface area contributed by atoms with Gasteiger partial charge in [-0.3, -0.25) is 9.59 Å². The van der Waals surface area contributed by atoms with Gasteiger partial charge in [0.2, 0.25) is 0 Å². The molecule has 0 spiro atoms. The Labute approximate surface area is 141 Å². The molecule has 2 heterocycles. The van der Waals surface area contributed by atoms with Crippen molar-refractivity contribution in [1.29, 1.82) is 0 Å². The van der Waals surface area contributed by atoms with Gasteiger partial charge in [0, 0.05) is 38.1 Å². The summed E-state index contributed by atoms with van der Waals surface area (Å²) in [5, 5.41) is 0. The molecular formula is C19H23N3O2. The fourth-order valence-corrected chi connectivity index (χ4v) is 3.08. The Morgan fingerprint density at radius 1 is 1.12 bits per heavy atom. The van der Waals surface area contributed by atoms with Gasteiger partial charge in [-0.05, 0) is 49.6 Å². The lowest BCUT2D eigenvalue weighted by molar-refractivity contribution is 0.0783. The van der Waals surface area contributed by atoms with E-state index in [1.54, 1.807) is 31.0 Å². The number of carbonyl (C=O) groups is 1. The zero-order valence-electron chi connectivity index (χ0n) is 14.2. The predicted molar refractivity (Wildman–Crippen MR) is 95.5 cm³/mol. The number of aromatic amines is 1. The van der Waals surface area contributed by atoms with Gasteiger partial charge in [0.25, 0.3) is 11.5 Å². The van der Waals surface area contributed by atoms with Crippen molar-refractivity contribution in [2.75, 3.05) is 25.0 Å². The van der Waals surface area contributed by atoms with Crippen LogP contribution in [0.4, 0.5) is 5.69 Å². The Kier molecular flexibility index (Phi) is 4.69. The van der Waals surface area contributed by atoms with Crippen LogP contribution in [0.25, 0.3) is 0 Å². The molecule has 1 fully saturated rings. The van der Waals surface area contributed by atoms with E-state index in [2.05, 4.69) is 34.1 Å². The molecule has 0 aliphatic carbocycles. The Morgan fingerprint density at radius 3 is 2.42 bits per heavy atom. The van der Waals surface area contributed by atoms with E-state index in [1.165, 1.54) is 18.5 Å². The number of H-pyrrole nitrogens is 1. The molecule has 1 aliphatic rings. The molecule has 1 aromatic heterocycles. The summed E-state index contributed by atoms with van der Waals surface area (Å²) in [6.07, 6.45) is 2.51. The average molecular weight is 325 g/mol. The number of aromatic nitrogens is 1.